The third-order valence-corrected chi connectivity index (χ3v) is 3.73. The number of nitrogens with two attached hydrogens (primary N) is 1. The minimum absolute atomic E-state index is 0.566. The fourth-order valence-corrected chi connectivity index (χ4v) is 2.39. The van der Waals surface area contributed by atoms with Gasteiger partial charge in [-0.25, -0.2) is 0 Å². The van der Waals surface area contributed by atoms with E-state index in [0.717, 1.165) is 16.2 Å². The van der Waals surface area contributed by atoms with E-state index >= 15 is 0 Å². The third-order valence-electron chi connectivity index (χ3n) is 2.66. The molecule has 5 heteroatoms. The zero-order valence-corrected chi connectivity index (χ0v) is 11.0. The van der Waals surface area contributed by atoms with E-state index in [9.17, 15) is 5.26 Å². The summed E-state index contributed by atoms with van der Waals surface area (Å²) in [6.45, 7) is 3.72. The molecule has 0 aliphatic heterocycles. The Morgan fingerprint density at radius 2 is 1.94 bits per heavy atom. The average molecular weight is 256 g/mol. The number of nitrogen functional groups attached to an aromatic ring is 1. The Labute approximate surface area is 110 Å². The van der Waals surface area contributed by atoms with Crippen molar-refractivity contribution >= 4 is 17.4 Å². The van der Waals surface area contributed by atoms with Crippen LogP contribution in [0.25, 0.3) is 0 Å². The van der Waals surface area contributed by atoms with E-state index in [2.05, 4.69) is 16.3 Å². The van der Waals surface area contributed by atoms with E-state index in [4.69, 9.17) is 5.73 Å². The summed E-state index contributed by atoms with van der Waals surface area (Å²) in [4.78, 5) is 0.881. The van der Waals surface area contributed by atoms with Crippen molar-refractivity contribution < 1.29 is 0 Å². The van der Waals surface area contributed by atoms with Crippen molar-refractivity contribution in [2.75, 3.05) is 5.73 Å². The van der Waals surface area contributed by atoms with Crippen molar-refractivity contribution in [2.24, 2.45) is 0 Å². The predicted octanol–water partition coefficient (Wildman–Crippen LogP) is 2.70. The molecule has 2 rings (SSSR count). The molecule has 0 bridgehead atoms. The molecule has 0 saturated carbocycles. The molecule has 2 aromatic rings. The highest BCUT2D eigenvalue weighted by atomic mass is 32.2. The summed E-state index contributed by atoms with van der Waals surface area (Å²) in [7, 11) is 0. The van der Waals surface area contributed by atoms with Crippen LogP contribution in [0.3, 0.4) is 0 Å². The van der Waals surface area contributed by atoms with Gasteiger partial charge in [0.15, 0.2) is 0 Å². The van der Waals surface area contributed by atoms with Gasteiger partial charge in [-0.1, -0.05) is 23.9 Å². The molecule has 1 heterocycles. The number of aromatic nitrogens is 2. The van der Waals surface area contributed by atoms with Gasteiger partial charge in [-0.05, 0) is 31.5 Å². The fraction of sp³-hybridized carbons (Fsp3) is 0.154. The van der Waals surface area contributed by atoms with E-state index < -0.39 is 0 Å². The number of hydrogen-bond acceptors (Lipinski definition) is 5. The molecule has 0 fully saturated rings. The van der Waals surface area contributed by atoms with Crippen LogP contribution >= 0.6 is 11.8 Å². The lowest BCUT2D eigenvalue weighted by atomic mass is 10.1. The van der Waals surface area contributed by atoms with Gasteiger partial charge in [0.1, 0.15) is 11.1 Å². The molecule has 0 atom stereocenters. The van der Waals surface area contributed by atoms with Crippen LogP contribution in [-0.4, -0.2) is 10.2 Å². The molecule has 1 aromatic carbocycles. The highest BCUT2D eigenvalue weighted by Gasteiger charge is 2.13. The molecule has 0 amide bonds. The van der Waals surface area contributed by atoms with Crippen molar-refractivity contribution in [2.45, 2.75) is 23.8 Å². The van der Waals surface area contributed by atoms with Gasteiger partial charge in [0, 0.05) is 10.6 Å². The minimum Gasteiger partial charge on any atom is -0.398 e. The second-order valence-corrected chi connectivity index (χ2v) is 4.87. The summed E-state index contributed by atoms with van der Waals surface area (Å²) in [6, 6.07) is 9.68. The normalized spacial score (nSPS) is 10.1. The van der Waals surface area contributed by atoms with Crippen LogP contribution in [0.5, 0.6) is 0 Å². The molecule has 4 nitrogen and oxygen atoms in total. The first-order valence-electron chi connectivity index (χ1n) is 5.40. The number of nitriles is 1. The standard InChI is InChI=1S/C13H12N4S/c1-8-9(2)16-17-13(10(8)7-14)18-12-6-4-3-5-11(12)15/h3-6H,15H2,1-2H3. The molecule has 18 heavy (non-hydrogen) atoms. The van der Waals surface area contributed by atoms with E-state index in [1.165, 1.54) is 11.8 Å². The maximum Gasteiger partial charge on any atom is 0.142 e. The molecule has 0 unspecified atom stereocenters. The molecule has 2 N–H and O–H groups in total. The first-order chi connectivity index (χ1) is 8.63. The molecule has 90 valence electrons. The summed E-state index contributed by atoms with van der Waals surface area (Å²) in [6.07, 6.45) is 0. The summed E-state index contributed by atoms with van der Waals surface area (Å²) < 4.78 is 0. The van der Waals surface area contributed by atoms with Gasteiger partial charge in [-0.2, -0.15) is 10.4 Å². The van der Waals surface area contributed by atoms with Crippen LogP contribution < -0.4 is 5.73 Å². The first-order valence-corrected chi connectivity index (χ1v) is 6.21. The number of nitrogens with zero attached hydrogens (tertiary/aromatic N) is 3. The monoisotopic (exact) mass is 256 g/mol. The first kappa shape index (κ1) is 12.4. The quantitative estimate of drug-likeness (QED) is 0.836. The summed E-state index contributed by atoms with van der Waals surface area (Å²) in [5, 5.41) is 17.9. The Hall–Kier alpha value is -2.06. The molecule has 0 saturated heterocycles. The maximum absolute atomic E-state index is 9.21. The van der Waals surface area contributed by atoms with Gasteiger partial charge >= 0.3 is 0 Å². The van der Waals surface area contributed by atoms with Crippen LogP contribution in [0.2, 0.25) is 0 Å². The van der Waals surface area contributed by atoms with Crippen molar-refractivity contribution in [3.05, 3.63) is 41.1 Å². The Kier molecular flexibility index (Phi) is 3.49. The topological polar surface area (TPSA) is 75.6 Å². The van der Waals surface area contributed by atoms with Gasteiger partial charge in [-0.3, -0.25) is 0 Å². The van der Waals surface area contributed by atoms with Crippen LogP contribution in [0.1, 0.15) is 16.8 Å². The Morgan fingerprint density at radius 1 is 1.22 bits per heavy atom. The lowest BCUT2D eigenvalue weighted by molar-refractivity contribution is 0.871. The summed E-state index contributed by atoms with van der Waals surface area (Å²) in [5.74, 6) is 0. The van der Waals surface area contributed by atoms with Crippen LogP contribution in [0, 0.1) is 25.2 Å². The highest BCUT2D eigenvalue weighted by Crippen LogP contribution is 2.33. The van der Waals surface area contributed by atoms with Crippen LogP contribution in [0.4, 0.5) is 5.69 Å². The minimum atomic E-state index is 0.566. The second kappa shape index (κ2) is 5.07. The maximum atomic E-state index is 9.21. The van der Waals surface area contributed by atoms with Crippen LogP contribution in [0.15, 0.2) is 34.2 Å². The molecule has 0 radical (unpaired) electrons. The van der Waals surface area contributed by atoms with E-state index in [-0.39, 0.29) is 0 Å². The number of anilines is 1. The number of para-hydroxylation sites is 1. The van der Waals surface area contributed by atoms with Crippen LogP contribution in [-0.2, 0) is 0 Å². The smallest absolute Gasteiger partial charge is 0.142 e. The Bertz CT molecular complexity index is 631. The number of hydrogen-bond donors (Lipinski definition) is 1. The molecule has 0 aliphatic carbocycles. The van der Waals surface area contributed by atoms with Gasteiger partial charge in [0.2, 0.25) is 0 Å². The molecular weight excluding hydrogens is 244 g/mol. The van der Waals surface area contributed by atoms with Crippen molar-refractivity contribution in [1.82, 2.24) is 10.2 Å². The number of rotatable bonds is 2. The second-order valence-electron chi connectivity index (χ2n) is 3.84. The van der Waals surface area contributed by atoms with E-state index in [1.807, 2.05) is 38.1 Å². The molecule has 0 spiro atoms. The fourth-order valence-electron chi connectivity index (χ4n) is 1.47. The Morgan fingerprint density at radius 3 is 2.61 bits per heavy atom. The van der Waals surface area contributed by atoms with Gasteiger partial charge in [0.25, 0.3) is 0 Å². The predicted molar refractivity (Wildman–Crippen MR) is 71.2 cm³/mol. The van der Waals surface area contributed by atoms with Gasteiger partial charge in [-0.15, -0.1) is 5.10 Å². The van der Waals surface area contributed by atoms with E-state index in [1.54, 1.807) is 0 Å². The molecular formula is C13H12N4S. The molecule has 1 aromatic heterocycles. The van der Waals surface area contributed by atoms with Crippen molar-refractivity contribution in [3.8, 4) is 6.07 Å². The number of aryl methyl sites for hydroxylation is 1. The molecule has 0 aliphatic rings. The van der Waals surface area contributed by atoms with E-state index in [0.29, 0.717) is 16.3 Å². The zero-order valence-electron chi connectivity index (χ0n) is 10.1. The van der Waals surface area contributed by atoms with Gasteiger partial charge < -0.3 is 5.73 Å². The summed E-state index contributed by atoms with van der Waals surface area (Å²) in [5.41, 5.74) is 8.75. The zero-order chi connectivity index (χ0) is 13.1. The number of benzene rings is 1. The largest absolute Gasteiger partial charge is 0.398 e. The average Bonchev–Trinajstić information content (AvgIpc) is 2.37. The van der Waals surface area contributed by atoms with Gasteiger partial charge in [0.05, 0.1) is 11.3 Å². The highest BCUT2D eigenvalue weighted by molar-refractivity contribution is 7.99. The lowest BCUT2D eigenvalue weighted by Gasteiger charge is -2.07. The Balaban J connectivity index is 2.45. The van der Waals surface area contributed by atoms with Crippen molar-refractivity contribution in [3.63, 3.8) is 0 Å². The third kappa shape index (κ3) is 2.29. The SMILES string of the molecule is Cc1nnc(Sc2ccccc2N)c(C#N)c1C. The summed E-state index contributed by atoms with van der Waals surface area (Å²) >= 11 is 1.37. The van der Waals surface area contributed by atoms with Crippen molar-refractivity contribution in [1.29, 1.82) is 5.26 Å². The lowest BCUT2D eigenvalue weighted by Crippen LogP contribution is -1.99.